The highest BCUT2D eigenvalue weighted by Gasteiger charge is 2.18. The zero-order valence-electron chi connectivity index (χ0n) is 10.00. The summed E-state index contributed by atoms with van der Waals surface area (Å²) in [6, 6.07) is 4.55. The van der Waals surface area contributed by atoms with Crippen molar-refractivity contribution in [3.05, 3.63) is 23.8 Å². The first kappa shape index (κ1) is 12.4. The normalized spacial score (nSPS) is 11.0. The Labute approximate surface area is 95.2 Å². The van der Waals surface area contributed by atoms with Crippen molar-refractivity contribution in [1.29, 1.82) is 0 Å². The molecule has 0 bridgehead atoms. The number of methoxy groups -OCH3 is 1. The summed E-state index contributed by atoms with van der Waals surface area (Å²) in [6.45, 7) is 5.63. The number of rotatable bonds is 2. The minimum absolute atomic E-state index is 0.0532. The Morgan fingerprint density at radius 1 is 1.38 bits per heavy atom. The van der Waals surface area contributed by atoms with Gasteiger partial charge in [0.2, 0.25) is 0 Å². The van der Waals surface area contributed by atoms with Crippen molar-refractivity contribution in [2.45, 2.75) is 26.3 Å². The largest absolute Gasteiger partial charge is 0.507 e. The van der Waals surface area contributed by atoms with Gasteiger partial charge in [0.25, 0.3) is 5.91 Å². The van der Waals surface area contributed by atoms with Crippen LogP contribution in [0.25, 0.3) is 0 Å². The van der Waals surface area contributed by atoms with Crippen LogP contribution in [0.15, 0.2) is 18.2 Å². The topological polar surface area (TPSA) is 58.6 Å². The van der Waals surface area contributed by atoms with E-state index in [1.54, 1.807) is 6.07 Å². The lowest BCUT2D eigenvalue weighted by Gasteiger charge is -2.20. The van der Waals surface area contributed by atoms with Crippen LogP contribution < -0.4 is 10.1 Å². The second-order valence-corrected chi connectivity index (χ2v) is 4.59. The van der Waals surface area contributed by atoms with Crippen LogP contribution in [0.4, 0.5) is 0 Å². The van der Waals surface area contributed by atoms with Gasteiger partial charge in [-0.05, 0) is 39.0 Å². The molecule has 0 atom stereocenters. The Hall–Kier alpha value is -1.71. The number of carbonyl (C=O) groups excluding carboxylic acids is 1. The molecular formula is C12H17NO3. The third kappa shape index (κ3) is 3.15. The van der Waals surface area contributed by atoms with E-state index in [0.29, 0.717) is 5.75 Å². The molecule has 0 saturated heterocycles. The fourth-order valence-electron chi connectivity index (χ4n) is 1.23. The lowest BCUT2D eigenvalue weighted by molar-refractivity contribution is 0.0916. The Balaban J connectivity index is 2.98. The van der Waals surface area contributed by atoms with E-state index in [4.69, 9.17) is 4.74 Å². The Bertz CT molecular complexity index is 394. The molecule has 4 heteroatoms. The third-order valence-electron chi connectivity index (χ3n) is 1.94. The van der Waals surface area contributed by atoms with E-state index in [1.165, 1.54) is 19.2 Å². The molecule has 0 heterocycles. The molecule has 0 unspecified atom stereocenters. The van der Waals surface area contributed by atoms with Gasteiger partial charge in [0, 0.05) is 5.54 Å². The molecule has 1 aromatic carbocycles. The predicted molar refractivity (Wildman–Crippen MR) is 61.9 cm³/mol. The average Bonchev–Trinajstić information content (AvgIpc) is 2.15. The number of hydrogen-bond acceptors (Lipinski definition) is 3. The monoisotopic (exact) mass is 223 g/mol. The average molecular weight is 223 g/mol. The quantitative estimate of drug-likeness (QED) is 0.805. The SMILES string of the molecule is COc1ccc(O)c(C(=O)NC(C)(C)C)c1. The molecule has 0 aliphatic rings. The molecule has 0 aliphatic heterocycles. The number of benzene rings is 1. The van der Waals surface area contributed by atoms with Crippen LogP contribution in [-0.2, 0) is 0 Å². The number of carbonyl (C=O) groups is 1. The fourth-order valence-corrected chi connectivity index (χ4v) is 1.23. The Morgan fingerprint density at radius 2 is 2.00 bits per heavy atom. The summed E-state index contributed by atoms with van der Waals surface area (Å²) in [6.07, 6.45) is 0. The molecule has 0 saturated carbocycles. The maximum Gasteiger partial charge on any atom is 0.255 e. The first-order chi connectivity index (χ1) is 7.33. The van der Waals surface area contributed by atoms with Gasteiger partial charge in [-0.15, -0.1) is 0 Å². The highest BCUT2D eigenvalue weighted by molar-refractivity contribution is 5.97. The second kappa shape index (κ2) is 4.43. The van der Waals surface area contributed by atoms with Gasteiger partial charge in [-0.1, -0.05) is 0 Å². The smallest absolute Gasteiger partial charge is 0.255 e. The van der Waals surface area contributed by atoms with Crippen LogP contribution >= 0.6 is 0 Å². The Morgan fingerprint density at radius 3 is 2.50 bits per heavy atom. The van der Waals surface area contributed by atoms with Gasteiger partial charge < -0.3 is 15.2 Å². The number of hydrogen-bond donors (Lipinski definition) is 2. The van der Waals surface area contributed by atoms with Crippen molar-refractivity contribution in [2.24, 2.45) is 0 Å². The summed E-state index contributed by atoms with van der Waals surface area (Å²) in [5, 5.41) is 12.4. The van der Waals surface area contributed by atoms with Crippen LogP contribution in [0.5, 0.6) is 11.5 Å². The summed E-state index contributed by atoms with van der Waals surface area (Å²) in [7, 11) is 1.51. The van der Waals surface area contributed by atoms with E-state index >= 15 is 0 Å². The fraction of sp³-hybridized carbons (Fsp3) is 0.417. The van der Waals surface area contributed by atoms with Crippen LogP contribution in [0, 0.1) is 0 Å². The summed E-state index contributed by atoms with van der Waals surface area (Å²) < 4.78 is 5.00. The van der Waals surface area contributed by atoms with Crippen LogP contribution in [0.3, 0.4) is 0 Å². The van der Waals surface area contributed by atoms with E-state index in [0.717, 1.165) is 0 Å². The first-order valence-corrected chi connectivity index (χ1v) is 5.03. The van der Waals surface area contributed by atoms with Gasteiger partial charge in [-0.3, -0.25) is 4.79 Å². The van der Waals surface area contributed by atoms with Gasteiger partial charge in [0.15, 0.2) is 0 Å². The summed E-state index contributed by atoms with van der Waals surface area (Å²) in [5.74, 6) is 0.170. The predicted octanol–water partition coefficient (Wildman–Crippen LogP) is 1.93. The first-order valence-electron chi connectivity index (χ1n) is 5.03. The van der Waals surface area contributed by atoms with Crippen molar-refractivity contribution in [3.63, 3.8) is 0 Å². The zero-order valence-corrected chi connectivity index (χ0v) is 10.00. The third-order valence-corrected chi connectivity index (χ3v) is 1.94. The highest BCUT2D eigenvalue weighted by Crippen LogP contribution is 2.23. The van der Waals surface area contributed by atoms with E-state index < -0.39 is 0 Å². The number of nitrogens with one attached hydrogen (secondary N) is 1. The molecular weight excluding hydrogens is 206 g/mol. The number of phenols is 1. The minimum atomic E-state index is -0.341. The molecule has 4 nitrogen and oxygen atoms in total. The lowest BCUT2D eigenvalue weighted by atomic mass is 10.1. The van der Waals surface area contributed by atoms with Crippen LogP contribution in [0.2, 0.25) is 0 Å². The molecule has 88 valence electrons. The summed E-state index contributed by atoms with van der Waals surface area (Å²) in [5.41, 5.74) is -0.124. The molecule has 2 N–H and O–H groups in total. The van der Waals surface area contributed by atoms with Crippen LogP contribution in [0.1, 0.15) is 31.1 Å². The summed E-state index contributed by atoms with van der Waals surface area (Å²) in [4.78, 5) is 11.8. The van der Waals surface area contributed by atoms with Crippen molar-refractivity contribution in [3.8, 4) is 11.5 Å². The van der Waals surface area contributed by atoms with Gasteiger partial charge in [0.1, 0.15) is 11.5 Å². The van der Waals surface area contributed by atoms with Crippen molar-refractivity contribution in [1.82, 2.24) is 5.32 Å². The number of ether oxygens (including phenoxy) is 1. The lowest BCUT2D eigenvalue weighted by Crippen LogP contribution is -2.40. The standard InChI is InChI=1S/C12H17NO3/c1-12(2,3)13-11(15)9-7-8(16-4)5-6-10(9)14/h5-7,14H,1-4H3,(H,13,15). The molecule has 16 heavy (non-hydrogen) atoms. The van der Waals surface area contributed by atoms with Crippen LogP contribution in [-0.4, -0.2) is 23.7 Å². The van der Waals surface area contributed by atoms with Gasteiger partial charge >= 0.3 is 0 Å². The molecule has 0 aromatic heterocycles. The molecule has 0 fully saturated rings. The van der Waals surface area contributed by atoms with Crippen molar-refractivity contribution < 1.29 is 14.6 Å². The Kier molecular flexibility index (Phi) is 3.42. The van der Waals surface area contributed by atoms with E-state index in [2.05, 4.69) is 5.32 Å². The minimum Gasteiger partial charge on any atom is -0.507 e. The van der Waals surface area contributed by atoms with Gasteiger partial charge in [0.05, 0.1) is 12.7 Å². The second-order valence-electron chi connectivity index (χ2n) is 4.59. The van der Waals surface area contributed by atoms with E-state index in [-0.39, 0.29) is 22.8 Å². The highest BCUT2D eigenvalue weighted by atomic mass is 16.5. The molecule has 0 radical (unpaired) electrons. The molecule has 0 aliphatic carbocycles. The molecule has 1 amide bonds. The zero-order chi connectivity index (χ0) is 12.3. The van der Waals surface area contributed by atoms with E-state index in [9.17, 15) is 9.90 Å². The van der Waals surface area contributed by atoms with Crippen molar-refractivity contribution in [2.75, 3.05) is 7.11 Å². The molecule has 0 spiro atoms. The number of aromatic hydroxyl groups is 1. The molecule has 1 aromatic rings. The number of amides is 1. The summed E-state index contributed by atoms with van der Waals surface area (Å²) >= 11 is 0. The van der Waals surface area contributed by atoms with Crippen molar-refractivity contribution >= 4 is 5.91 Å². The maximum atomic E-state index is 11.8. The van der Waals surface area contributed by atoms with Gasteiger partial charge in [-0.25, -0.2) is 0 Å². The maximum absolute atomic E-state index is 11.8. The van der Waals surface area contributed by atoms with Gasteiger partial charge in [-0.2, -0.15) is 0 Å². The number of phenolic OH excluding ortho intramolecular Hbond substituents is 1. The van der Waals surface area contributed by atoms with E-state index in [1.807, 2.05) is 20.8 Å². The molecule has 1 rings (SSSR count).